The molecule has 1 aliphatic heterocycles. The van der Waals surface area contributed by atoms with Gasteiger partial charge in [0.25, 0.3) is 0 Å². The molecule has 1 aromatic rings. The molecule has 0 aliphatic carbocycles. The van der Waals surface area contributed by atoms with Crippen LogP contribution < -0.4 is 5.32 Å². The molecule has 0 saturated carbocycles. The molecule has 1 N–H and O–H groups in total. The zero-order valence-electron chi connectivity index (χ0n) is 9.35. The number of piperidine rings is 1. The number of likely N-dealkylation sites (tertiary alicyclic amines) is 1. The van der Waals surface area contributed by atoms with Gasteiger partial charge in [0, 0.05) is 18.7 Å². The van der Waals surface area contributed by atoms with Gasteiger partial charge in [0.1, 0.15) is 23.9 Å². The largest absolute Gasteiger partial charge is 0.366 e. The molecule has 0 bridgehead atoms. The van der Waals surface area contributed by atoms with E-state index in [-0.39, 0.29) is 0 Å². The van der Waals surface area contributed by atoms with Crippen LogP contribution >= 0.6 is 0 Å². The summed E-state index contributed by atoms with van der Waals surface area (Å²) in [6, 6.07) is 4.12. The Morgan fingerprint density at radius 2 is 2.44 bits per heavy atom. The van der Waals surface area contributed by atoms with E-state index in [2.05, 4.69) is 27.2 Å². The van der Waals surface area contributed by atoms with Gasteiger partial charge in [-0.3, -0.25) is 0 Å². The number of aromatic nitrogens is 2. The maximum absolute atomic E-state index is 8.73. The van der Waals surface area contributed by atoms with E-state index < -0.39 is 0 Å². The molecule has 0 spiro atoms. The van der Waals surface area contributed by atoms with Gasteiger partial charge in [-0.25, -0.2) is 9.97 Å². The van der Waals surface area contributed by atoms with Gasteiger partial charge in [-0.15, -0.1) is 0 Å². The van der Waals surface area contributed by atoms with Crippen LogP contribution in [0, 0.1) is 11.3 Å². The average molecular weight is 217 g/mol. The molecule has 0 radical (unpaired) electrons. The van der Waals surface area contributed by atoms with Crippen LogP contribution in [0.2, 0.25) is 0 Å². The standard InChI is InChI=1S/C11H15N5/c1-16-4-2-3-9(7-16)15-11-5-10(6-12)13-8-14-11/h5,8-9H,2-4,7H2,1H3,(H,13,14,15). The molecule has 0 aromatic carbocycles. The van der Waals surface area contributed by atoms with E-state index >= 15 is 0 Å². The first-order valence-corrected chi connectivity index (χ1v) is 5.45. The second-order valence-corrected chi connectivity index (χ2v) is 4.15. The van der Waals surface area contributed by atoms with Crippen LogP contribution in [0.4, 0.5) is 5.82 Å². The van der Waals surface area contributed by atoms with E-state index in [1.165, 1.54) is 12.7 Å². The summed E-state index contributed by atoms with van der Waals surface area (Å²) in [5.74, 6) is 0.742. The topological polar surface area (TPSA) is 64.8 Å². The molecule has 84 valence electrons. The molecule has 2 rings (SSSR count). The lowest BCUT2D eigenvalue weighted by molar-refractivity contribution is 0.260. The van der Waals surface area contributed by atoms with Crippen molar-refractivity contribution in [2.75, 3.05) is 25.5 Å². The van der Waals surface area contributed by atoms with Gasteiger partial charge in [-0.05, 0) is 26.4 Å². The summed E-state index contributed by atoms with van der Waals surface area (Å²) >= 11 is 0. The highest BCUT2D eigenvalue weighted by atomic mass is 15.2. The zero-order chi connectivity index (χ0) is 11.4. The molecule has 1 atom stereocenters. The second-order valence-electron chi connectivity index (χ2n) is 4.15. The van der Waals surface area contributed by atoms with Gasteiger partial charge in [0.15, 0.2) is 0 Å². The highest BCUT2D eigenvalue weighted by molar-refractivity contribution is 5.39. The van der Waals surface area contributed by atoms with Gasteiger partial charge >= 0.3 is 0 Å². The Morgan fingerprint density at radius 1 is 1.56 bits per heavy atom. The SMILES string of the molecule is CN1CCCC(Nc2cc(C#N)ncn2)C1. The van der Waals surface area contributed by atoms with Crippen LogP contribution in [0.1, 0.15) is 18.5 Å². The van der Waals surface area contributed by atoms with Crippen molar-refractivity contribution in [1.82, 2.24) is 14.9 Å². The molecule has 5 heteroatoms. The summed E-state index contributed by atoms with van der Waals surface area (Å²) in [6.45, 7) is 2.18. The zero-order valence-corrected chi connectivity index (χ0v) is 9.35. The second kappa shape index (κ2) is 4.90. The monoisotopic (exact) mass is 217 g/mol. The molecule has 1 saturated heterocycles. The number of nitriles is 1. The fourth-order valence-electron chi connectivity index (χ4n) is 1.99. The van der Waals surface area contributed by atoms with Crippen LogP contribution in [-0.2, 0) is 0 Å². The molecule has 1 aromatic heterocycles. The average Bonchev–Trinajstić information content (AvgIpc) is 2.29. The van der Waals surface area contributed by atoms with Gasteiger partial charge in [-0.2, -0.15) is 5.26 Å². The number of nitrogens with zero attached hydrogens (tertiary/aromatic N) is 4. The summed E-state index contributed by atoms with van der Waals surface area (Å²) < 4.78 is 0. The molecular formula is C11H15N5. The van der Waals surface area contributed by atoms with Crippen LogP contribution in [0.3, 0.4) is 0 Å². The number of hydrogen-bond acceptors (Lipinski definition) is 5. The molecule has 16 heavy (non-hydrogen) atoms. The van der Waals surface area contributed by atoms with Crippen molar-refractivity contribution in [2.24, 2.45) is 0 Å². The van der Waals surface area contributed by atoms with Crippen LogP contribution in [0.25, 0.3) is 0 Å². The van der Waals surface area contributed by atoms with E-state index in [0.29, 0.717) is 11.7 Å². The highest BCUT2D eigenvalue weighted by Gasteiger charge is 2.17. The first-order valence-electron chi connectivity index (χ1n) is 5.45. The van der Waals surface area contributed by atoms with E-state index in [9.17, 15) is 0 Å². The van der Waals surface area contributed by atoms with E-state index in [0.717, 1.165) is 25.3 Å². The quantitative estimate of drug-likeness (QED) is 0.795. The van der Waals surface area contributed by atoms with Crippen molar-refractivity contribution in [3.05, 3.63) is 18.1 Å². The Labute approximate surface area is 95.1 Å². The normalized spacial score (nSPS) is 21.4. The lowest BCUT2D eigenvalue weighted by atomic mass is 10.1. The highest BCUT2D eigenvalue weighted by Crippen LogP contribution is 2.13. The molecule has 0 amide bonds. The maximum Gasteiger partial charge on any atom is 0.145 e. The molecule has 1 aliphatic rings. The van der Waals surface area contributed by atoms with E-state index in [4.69, 9.17) is 5.26 Å². The van der Waals surface area contributed by atoms with Crippen LogP contribution in [0.15, 0.2) is 12.4 Å². The summed E-state index contributed by atoms with van der Waals surface area (Å²) in [6.07, 6.45) is 3.77. The summed E-state index contributed by atoms with van der Waals surface area (Å²) in [4.78, 5) is 10.3. The van der Waals surface area contributed by atoms with Gasteiger partial charge in [0.05, 0.1) is 0 Å². The molecule has 1 fully saturated rings. The lowest BCUT2D eigenvalue weighted by Gasteiger charge is -2.30. The minimum absolute atomic E-state index is 0.404. The van der Waals surface area contributed by atoms with Crippen molar-refractivity contribution in [1.29, 1.82) is 5.26 Å². The number of nitrogens with one attached hydrogen (secondary N) is 1. The third-order valence-electron chi connectivity index (χ3n) is 2.76. The minimum atomic E-state index is 0.404. The van der Waals surface area contributed by atoms with Gasteiger partial charge in [0.2, 0.25) is 0 Å². The Balaban J connectivity index is 2.00. The summed E-state index contributed by atoms with van der Waals surface area (Å²) in [7, 11) is 2.12. The molecule has 1 unspecified atom stereocenters. The fourth-order valence-corrected chi connectivity index (χ4v) is 1.99. The lowest BCUT2D eigenvalue weighted by Crippen LogP contribution is -2.39. The Bertz CT molecular complexity index is 398. The maximum atomic E-state index is 8.73. The predicted molar refractivity (Wildman–Crippen MR) is 60.9 cm³/mol. The van der Waals surface area contributed by atoms with Crippen molar-refractivity contribution >= 4 is 5.82 Å². The van der Waals surface area contributed by atoms with Crippen LogP contribution in [-0.4, -0.2) is 41.0 Å². The number of anilines is 1. The Hall–Kier alpha value is -1.67. The fraction of sp³-hybridized carbons (Fsp3) is 0.545. The Morgan fingerprint density at radius 3 is 3.19 bits per heavy atom. The molecule has 5 nitrogen and oxygen atoms in total. The summed E-state index contributed by atoms with van der Waals surface area (Å²) in [5, 5.41) is 12.1. The first kappa shape index (κ1) is 10.8. The van der Waals surface area contributed by atoms with Crippen molar-refractivity contribution in [3.8, 4) is 6.07 Å². The predicted octanol–water partition coefficient (Wildman–Crippen LogP) is 0.854. The smallest absolute Gasteiger partial charge is 0.145 e. The summed E-state index contributed by atoms with van der Waals surface area (Å²) in [5.41, 5.74) is 0.404. The van der Waals surface area contributed by atoms with Crippen molar-refractivity contribution in [3.63, 3.8) is 0 Å². The van der Waals surface area contributed by atoms with Crippen LogP contribution in [0.5, 0.6) is 0 Å². The third-order valence-corrected chi connectivity index (χ3v) is 2.76. The van der Waals surface area contributed by atoms with E-state index in [1.807, 2.05) is 6.07 Å². The van der Waals surface area contributed by atoms with Crippen molar-refractivity contribution in [2.45, 2.75) is 18.9 Å². The van der Waals surface area contributed by atoms with Gasteiger partial charge < -0.3 is 10.2 Å². The molecule has 2 heterocycles. The number of likely N-dealkylation sites (N-methyl/N-ethyl adjacent to an activating group) is 1. The van der Waals surface area contributed by atoms with Gasteiger partial charge in [-0.1, -0.05) is 0 Å². The minimum Gasteiger partial charge on any atom is -0.366 e. The first-order chi connectivity index (χ1) is 7.78. The van der Waals surface area contributed by atoms with Crippen molar-refractivity contribution < 1.29 is 0 Å². The number of hydrogen-bond donors (Lipinski definition) is 1. The number of rotatable bonds is 2. The molecular weight excluding hydrogens is 202 g/mol. The third kappa shape index (κ3) is 2.67. The Kier molecular flexibility index (Phi) is 3.32. The van der Waals surface area contributed by atoms with E-state index in [1.54, 1.807) is 6.07 Å².